The van der Waals surface area contributed by atoms with Gasteiger partial charge in [-0.1, -0.05) is 22.9 Å². The van der Waals surface area contributed by atoms with Crippen molar-refractivity contribution in [3.05, 3.63) is 28.2 Å². The normalized spacial score (nSPS) is 11.5. The van der Waals surface area contributed by atoms with Crippen molar-refractivity contribution in [2.75, 3.05) is 0 Å². The van der Waals surface area contributed by atoms with Crippen LogP contribution in [-0.2, 0) is 6.54 Å². The SMILES string of the molecule is CCC(C)(C)Oc1ccc(Br)cc1CN. The second-order valence-electron chi connectivity index (χ2n) is 4.17. The molecule has 1 aromatic rings. The largest absolute Gasteiger partial charge is 0.488 e. The molecule has 0 aliphatic heterocycles. The first-order chi connectivity index (χ1) is 6.98. The van der Waals surface area contributed by atoms with Crippen LogP contribution in [0, 0.1) is 0 Å². The van der Waals surface area contributed by atoms with E-state index in [0.717, 1.165) is 22.2 Å². The molecule has 1 rings (SSSR count). The minimum absolute atomic E-state index is 0.141. The zero-order valence-corrected chi connectivity index (χ0v) is 11.1. The summed E-state index contributed by atoms with van der Waals surface area (Å²) in [4.78, 5) is 0. The Morgan fingerprint density at radius 3 is 2.60 bits per heavy atom. The number of benzene rings is 1. The third-order valence-electron chi connectivity index (χ3n) is 2.48. The van der Waals surface area contributed by atoms with Gasteiger partial charge in [-0.25, -0.2) is 0 Å². The van der Waals surface area contributed by atoms with Crippen molar-refractivity contribution in [2.45, 2.75) is 39.3 Å². The summed E-state index contributed by atoms with van der Waals surface area (Å²) in [6.07, 6.45) is 0.965. The van der Waals surface area contributed by atoms with E-state index in [4.69, 9.17) is 10.5 Å². The van der Waals surface area contributed by atoms with Gasteiger partial charge < -0.3 is 10.5 Å². The van der Waals surface area contributed by atoms with Crippen LogP contribution in [0.15, 0.2) is 22.7 Å². The highest BCUT2D eigenvalue weighted by molar-refractivity contribution is 9.10. The second kappa shape index (κ2) is 4.99. The van der Waals surface area contributed by atoms with Crippen molar-refractivity contribution in [1.29, 1.82) is 0 Å². The first-order valence-corrected chi connectivity index (χ1v) is 5.95. The van der Waals surface area contributed by atoms with Crippen molar-refractivity contribution in [2.24, 2.45) is 5.73 Å². The zero-order chi connectivity index (χ0) is 11.5. The summed E-state index contributed by atoms with van der Waals surface area (Å²) < 4.78 is 6.96. The molecule has 1 aromatic carbocycles. The van der Waals surface area contributed by atoms with Crippen molar-refractivity contribution >= 4 is 15.9 Å². The molecule has 84 valence electrons. The van der Waals surface area contributed by atoms with Crippen LogP contribution in [0.2, 0.25) is 0 Å². The third-order valence-corrected chi connectivity index (χ3v) is 2.97. The molecule has 0 saturated heterocycles. The number of nitrogens with two attached hydrogens (primary N) is 1. The molecule has 2 N–H and O–H groups in total. The van der Waals surface area contributed by atoms with Gasteiger partial charge in [0.25, 0.3) is 0 Å². The molecule has 0 heterocycles. The highest BCUT2D eigenvalue weighted by Gasteiger charge is 2.18. The molecule has 0 radical (unpaired) electrons. The molecule has 0 atom stereocenters. The summed E-state index contributed by atoms with van der Waals surface area (Å²) in [7, 11) is 0. The predicted molar refractivity (Wildman–Crippen MR) is 67.0 cm³/mol. The maximum absolute atomic E-state index is 5.93. The van der Waals surface area contributed by atoms with Gasteiger partial charge in [0.05, 0.1) is 0 Å². The Morgan fingerprint density at radius 1 is 1.40 bits per heavy atom. The Labute approximate surface area is 99.9 Å². The molecule has 0 fully saturated rings. The molecule has 0 spiro atoms. The summed E-state index contributed by atoms with van der Waals surface area (Å²) in [5.74, 6) is 0.882. The van der Waals surface area contributed by atoms with E-state index in [9.17, 15) is 0 Å². The van der Waals surface area contributed by atoms with Crippen LogP contribution in [-0.4, -0.2) is 5.60 Å². The van der Waals surface area contributed by atoms with E-state index in [1.165, 1.54) is 0 Å². The molecule has 0 bridgehead atoms. The molecular weight excluding hydrogens is 254 g/mol. The minimum atomic E-state index is -0.141. The number of hydrogen-bond donors (Lipinski definition) is 1. The number of hydrogen-bond acceptors (Lipinski definition) is 2. The highest BCUT2D eigenvalue weighted by atomic mass is 79.9. The van der Waals surface area contributed by atoms with Crippen LogP contribution >= 0.6 is 15.9 Å². The lowest BCUT2D eigenvalue weighted by molar-refractivity contribution is 0.104. The highest BCUT2D eigenvalue weighted by Crippen LogP contribution is 2.27. The molecular formula is C12H18BrNO. The Balaban J connectivity index is 2.94. The van der Waals surface area contributed by atoms with E-state index in [1.807, 2.05) is 18.2 Å². The van der Waals surface area contributed by atoms with E-state index in [-0.39, 0.29) is 5.60 Å². The van der Waals surface area contributed by atoms with E-state index in [2.05, 4.69) is 36.7 Å². The van der Waals surface area contributed by atoms with E-state index < -0.39 is 0 Å². The Morgan fingerprint density at radius 2 is 2.07 bits per heavy atom. The topological polar surface area (TPSA) is 35.2 Å². The quantitative estimate of drug-likeness (QED) is 0.910. The summed E-state index contributed by atoms with van der Waals surface area (Å²) in [6.45, 7) is 6.76. The van der Waals surface area contributed by atoms with Gasteiger partial charge >= 0.3 is 0 Å². The Kier molecular flexibility index (Phi) is 4.17. The fourth-order valence-electron chi connectivity index (χ4n) is 1.18. The van der Waals surface area contributed by atoms with Gasteiger partial charge in [-0.3, -0.25) is 0 Å². The maximum Gasteiger partial charge on any atom is 0.124 e. The van der Waals surface area contributed by atoms with Gasteiger partial charge in [0.15, 0.2) is 0 Å². The molecule has 0 aliphatic rings. The molecule has 0 saturated carbocycles. The van der Waals surface area contributed by atoms with Crippen LogP contribution in [0.4, 0.5) is 0 Å². The van der Waals surface area contributed by atoms with Gasteiger partial charge in [-0.2, -0.15) is 0 Å². The van der Waals surface area contributed by atoms with Gasteiger partial charge in [-0.15, -0.1) is 0 Å². The lowest BCUT2D eigenvalue weighted by Gasteiger charge is -2.26. The van der Waals surface area contributed by atoms with Gasteiger partial charge in [0.1, 0.15) is 11.4 Å². The molecule has 2 nitrogen and oxygen atoms in total. The second-order valence-corrected chi connectivity index (χ2v) is 5.09. The fraction of sp³-hybridized carbons (Fsp3) is 0.500. The summed E-state index contributed by atoms with van der Waals surface area (Å²) in [5.41, 5.74) is 6.57. The lowest BCUT2D eigenvalue weighted by atomic mass is 10.1. The van der Waals surface area contributed by atoms with Crippen molar-refractivity contribution in [3.8, 4) is 5.75 Å². The van der Waals surface area contributed by atoms with Crippen LogP contribution in [0.25, 0.3) is 0 Å². The predicted octanol–water partition coefficient (Wildman–Crippen LogP) is 3.48. The number of halogens is 1. The van der Waals surface area contributed by atoms with Gasteiger partial charge in [-0.05, 0) is 38.5 Å². The van der Waals surface area contributed by atoms with E-state index >= 15 is 0 Å². The molecule has 0 unspecified atom stereocenters. The Hall–Kier alpha value is -0.540. The molecule has 0 aromatic heterocycles. The smallest absolute Gasteiger partial charge is 0.124 e. The number of ether oxygens (including phenoxy) is 1. The molecule has 15 heavy (non-hydrogen) atoms. The summed E-state index contributed by atoms with van der Waals surface area (Å²) in [6, 6.07) is 5.94. The maximum atomic E-state index is 5.93. The average molecular weight is 272 g/mol. The van der Waals surface area contributed by atoms with Gasteiger partial charge in [0.2, 0.25) is 0 Å². The summed E-state index contributed by atoms with van der Waals surface area (Å²) >= 11 is 3.42. The first-order valence-electron chi connectivity index (χ1n) is 5.16. The monoisotopic (exact) mass is 271 g/mol. The minimum Gasteiger partial charge on any atom is -0.488 e. The van der Waals surface area contributed by atoms with E-state index in [0.29, 0.717) is 6.54 Å². The summed E-state index contributed by atoms with van der Waals surface area (Å²) in [5, 5.41) is 0. The zero-order valence-electron chi connectivity index (χ0n) is 9.51. The van der Waals surface area contributed by atoms with Crippen LogP contribution < -0.4 is 10.5 Å². The lowest BCUT2D eigenvalue weighted by Crippen LogP contribution is -2.27. The first kappa shape index (κ1) is 12.5. The molecule has 3 heteroatoms. The standard InChI is InChI=1S/C12H18BrNO/c1-4-12(2,3)15-11-6-5-10(13)7-9(11)8-14/h5-7H,4,8,14H2,1-3H3. The van der Waals surface area contributed by atoms with Crippen molar-refractivity contribution in [1.82, 2.24) is 0 Å². The van der Waals surface area contributed by atoms with Crippen molar-refractivity contribution in [3.63, 3.8) is 0 Å². The molecule has 0 amide bonds. The average Bonchev–Trinajstić information content (AvgIpc) is 2.20. The fourth-order valence-corrected chi connectivity index (χ4v) is 1.59. The van der Waals surface area contributed by atoms with Crippen LogP contribution in [0.5, 0.6) is 5.75 Å². The Bertz CT molecular complexity index is 336. The van der Waals surface area contributed by atoms with Crippen molar-refractivity contribution < 1.29 is 4.74 Å². The van der Waals surface area contributed by atoms with Crippen LogP contribution in [0.1, 0.15) is 32.8 Å². The van der Waals surface area contributed by atoms with E-state index in [1.54, 1.807) is 0 Å². The number of rotatable bonds is 4. The third kappa shape index (κ3) is 3.50. The van der Waals surface area contributed by atoms with Crippen LogP contribution in [0.3, 0.4) is 0 Å². The van der Waals surface area contributed by atoms with Gasteiger partial charge in [0, 0.05) is 16.6 Å². The molecule has 0 aliphatic carbocycles.